The van der Waals surface area contributed by atoms with Crippen LogP contribution in [0.4, 0.5) is 5.69 Å². The van der Waals surface area contributed by atoms with E-state index in [2.05, 4.69) is 10.0 Å². The molecule has 12 heteroatoms. The van der Waals surface area contributed by atoms with Crippen LogP contribution < -0.4 is 19.5 Å². The lowest BCUT2D eigenvalue weighted by atomic mass is 10.1. The van der Waals surface area contributed by atoms with Crippen molar-refractivity contribution in [2.24, 2.45) is 0 Å². The second kappa shape index (κ2) is 9.55. The van der Waals surface area contributed by atoms with Crippen LogP contribution >= 0.6 is 11.6 Å². The molecule has 1 amide bonds. The Hall–Kier alpha value is -3.15. The third-order valence-corrected chi connectivity index (χ3v) is 6.13. The van der Waals surface area contributed by atoms with Gasteiger partial charge in [0.1, 0.15) is 6.04 Å². The van der Waals surface area contributed by atoms with Gasteiger partial charge < -0.3 is 19.5 Å². The predicted molar refractivity (Wildman–Crippen MR) is 113 cm³/mol. The highest BCUT2D eigenvalue weighted by Gasteiger charge is 2.24. The number of rotatable bonds is 8. The number of Topliss-reactive ketones (excluding diaryl/α,β-unsaturated/α-hetero) is 1. The van der Waals surface area contributed by atoms with Crippen LogP contribution in [0, 0.1) is 0 Å². The highest BCUT2D eigenvalue weighted by molar-refractivity contribution is 7.89. The summed E-state index contributed by atoms with van der Waals surface area (Å²) in [6.07, 6.45) is 0. The van der Waals surface area contributed by atoms with Crippen LogP contribution in [0.2, 0.25) is 5.02 Å². The van der Waals surface area contributed by atoms with E-state index in [1.54, 1.807) is 0 Å². The summed E-state index contributed by atoms with van der Waals surface area (Å²) in [5.41, 5.74) is 0.359. The minimum absolute atomic E-state index is 0.00842. The van der Waals surface area contributed by atoms with Gasteiger partial charge in [0.25, 0.3) is 5.91 Å². The van der Waals surface area contributed by atoms with Crippen molar-refractivity contribution in [3.05, 3.63) is 47.0 Å². The Morgan fingerprint density at radius 1 is 1.12 bits per heavy atom. The van der Waals surface area contributed by atoms with Crippen LogP contribution in [0.1, 0.15) is 24.2 Å². The number of esters is 1. The Balaban J connectivity index is 1.58. The van der Waals surface area contributed by atoms with Crippen molar-refractivity contribution in [2.45, 2.75) is 24.8 Å². The number of halogens is 1. The lowest BCUT2D eigenvalue weighted by molar-refractivity contribution is -0.148. The highest BCUT2D eigenvalue weighted by Crippen LogP contribution is 2.37. The quantitative estimate of drug-likeness (QED) is 0.431. The standard InChI is InChI=1S/C20H19ClN2O8S/c1-11(23-32(27,28)14-5-3-13(21)4-6-14)20(26)29-9-19(25)22-16-8-18-17(30-10-31-18)7-15(16)12(2)24/h3-8,11,23H,9-10H2,1-2H3,(H,22,25)/t11-/m0/s1. The molecule has 0 aliphatic carbocycles. The molecular weight excluding hydrogens is 464 g/mol. The number of amides is 1. The Morgan fingerprint density at radius 2 is 1.75 bits per heavy atom. The Kier molecular flexibility index (Phi) is 7.02. The van der Waals surface area contributed by atoms with E-state index >= 15 is 0 Å². The maximum Gasteiger partial charge on any atom is 0.324 e. The molecule has 0 aromatic heterocycles. The molecule has 10 nitrogen and oxygen atoms in total. The summed E-state index contributed by atoms with van der Waals surface area (Å²) >= 11 is 5.74. The molecule has 2 N–H and O–H groups in total. The van der Waals surface area contributed by atoms with Gasteiger partial charge in [-0.05, 0) is 44.2 Å². The van der Waals surface area contributed by atoms with Crippen molar-refractivity contribution in [1.82, 2.24) is 4.72 Å². The number of hydrogen-bond donors (Lipinski definition) is 2. The number of ether oxygens (including phenoxy) is 3. The minimum Gasteiger partial charge on any atom is -0.454 e. The van der Waals surface area contributed by atoms with E-state index in [0.29, 0.717) is 16.5 Å². The summed E-state index contributed by atoms with van der Waals surface area (Å²) in [4.78, 5) is 36.2. The highest BCUT2D eigenvalue weighted by atomic mass is 35.5. The molecule has 2 aromatic carbocycles. The van der Waals surface area contributed by atoms with Crippen molar-refractivity contribution in [3.63, 3.8) is 0 Å². The van der Waals surface area contributed by atoms with E-state index < -0.39 is 34.5 Å². The van der Waals surface area contributed by atoms with E-state index in [1.165, 1.54) is 50.2 Å². The minimum atomic E-state index is -4.00. The Labute approximate surface area is 188 Å². The number of sulfonamides is 1. The smallest absolute Gasteiger partial charge is 0.324 e. The van der Waals surface area contributed by atoms with Crippen molar-refractivity contribution < 1.29 is 37.0 Å². The molecule has 1 atom stereocenters. The zero-order valence-corrected chi connectivity index (χ0v) is 18.6. The number of nitrogens with one attached hydrogen (secondary N) is 2. The van der Waals surface area contributed by atoms with Gasteiger partial charge in [0.15, 0.2) is 23.9 Å². The molecule has 1 aliphatic heterocycles. The number of anilines is 1. The Bertz CT molecular complexity index is 1160. The summed E-state index contributed by atoms with van der Waals surface area (Å²) in [5.74, 6) is -1.28. The molecule has 170 valence electrons. The first-order valence-electron chi connectivity index (χ1n) is 9.26. The molecule has 0 spiro atoms. The normalized spacial score (nSPS) is 13.3. The zero-order chi connectivity index (χ0) is 23.5. The van der Waals surface area contributed by atoms with Crippen molar-refractivity contribution in [2.75, 3.05) is 18.7 Å². The summed E-state index contributed by atoms with van der Waals surface area (Å²) in [6, 6.07) is 6.98. The van der Waals surface area contributed by atoms with Gasteiger partial charge in [0.2, 0.25) is 16.8 Å². The molecule has 0 saturated carbocycles. The van der Waals surface area contributed by atoms with E-state index in [9.17, 15) is 22.8 Å². The molecule has 2 aromatic rings. The van der Waals surface area contributed by atoms with Gasteiger partial charge in [0.05, 0.1) is 10.6 Å². The molecular formula is C20H19ClN2O8S. The first kappa shape index (κ1) is 23.5. The summed E-state index contributed by atoms with van der Waals surface area (Å²) in [6.45, 7) is 1.89. The maximum atomic E-state index is 12.3. The molecule has 0 unspecified atom stereocenters. The average Bonchev–Trinajstić information content (AvgIpc) is 3.18. The van der Waals surface area contributed by atoms with Crippen LogP contribution in [0.15, 0.2) is 41.3 Å². The maximum absolute atomic E-state index is 12.3. The van der Waals surface area contributed by atoms with Crippen LogP contribution in [0.3, 0.4) is 0 Å². The van der Waals surface area contributed by atoms with E-state index in [-0.39, 0.29) is 28.7 Å². The van der Waals surface area contributed by atoms with E-state index in [4.69, 9.17) is 25.8 Å². The van der Waals surface area contributed by atoms with Crippen LogP contribution in [0.25, 0.3) is 0 Å². The molecule has 0 fully saturated rings. The van der Waals surface area contributed by atoms with Crippen molar-refractivity contribution >= 4 is 45.0 Å². The first-order chi connectivity index (χ1) is 15.1. The number of carbonyl (C=O) groups excluding carboxylic acids is 3. The number of fused-ring (bicyclic) bond motifs is 1. The van der Waals surface area contributed by atoms with Gasteiger partial charge >= 0.3 is 5.97 Å². The number of ketones is 1. The molecule has 32 heavy (non-hydrogen) atoms. The van der Waals surface area contributed by atoms with Crippen LogP contribution in [-0.4, -0.2) is 45.5 Å². The molecule has 1 aliphatic rings. The van der Waals surface area contributed by atoms with Gasteiger partial charge in [-0.15, -0.1) is 0 Å². The van der Waals surface area contributed by atoms with Gasteiger partial charge in [-0.3, -0.25) is 14.4 Å². The largest absolute Gasteiger partial charge is 0.454 e. The van der Waals surface area contributed by atoms with E-state index in [0.717, 1.165) is 0 Å². The summed E-state index contributed by atoms with van der Waals surface area (Å²) in [5, 5.41) is 2.83. The second-order valence-corrected chi connectivity index (χ2v) is 8.91. The van der Waals surface area contributed by atoms with Gasteiger partial charge in [-0.2, -0.15) is 4.72 Å². The fraction of sp³-hybridized carbons (Fsp3) is 0.250. The third kappa shape index (κ3) is 5.55. The zero-order valence-electron chi connectivity index (χ0n) is 17.0. The van der Waals surface area contributed by atoms with Crippen LogP contribution in [0.5, 0.6) is 11.5 Å². The molecule has 1 heterocycles. The molecule has 0 radical (unpaired) electrons. The first-order valence-corrected chi connectivity index (χ1v) is 11.1. The SMILES string of the molecule is CC(=O)c1cc2c(cc1NC(=O)COC(=O)[C@H](C)NS(=O)(=O)c1ccc(Cl)cc1)OCO2. The monoisotopic (exact) mass is 482 g/mol. The topological polar surface area (TPSA) is 137 Å². The van der Waals surface area contributed by atoms with E-state index in [1.807, 2.05) is 0 Å². The van der Waals surface area contributed by atoms with Crippen LogP contribution in [-0.2, 0) is 24.3 Å². The molecule has 3 rings (SSSR count). The molecule has 0 saturated heterocycles. The average molecular weight is 483 g/mol. The summed E-state index contributed by atoms with van der Waals surface area (Å²) in [7, 11) is -4.00. The lowest BCUT2D eigenvalue weighted by Crippen LogP contribution is -2.40. The fourth-order valence-electron chi connectivity index (χ4n) is 2.75. The molecule has 0 bridgehead atoms. The van der Waals surface area contributed by atoms with Gasteiger partial charge in [0, 0.05) is 16.7 Å². The van der Waals surface area contributed by atoms with Gasteiger partial charge in [-0.1, -0.05) is 11.6 Å². The van der Waals surface area contributed by atoms with Gasteiger partial charge in [-0.25, -0.2) is 8.42 Å². The number of benzene rings is 2. The number of carbonyl (C=O) groups is 3. The Morgan fingerprint density at radius 3 is 2.38 bits per heavy atom. The lowest BCUT2D eigenvalue weighted by Gasteiger charge is -2.14. The number of hydrogen-bond acceptors (Lipinski definition) is 8. The fourth-order valence-corrected chi connectivity index (χ4v) is 4.07. The van der Waals surface area contributed by atoms with Crippen molar-refractivity contribution in [1.29, 1.82) is 0 Å². The second-order valence-electron chi connectivity index (χ2n) is 6.76. The predicted octanol–water partition coefficient (Wildman–Crippen LogP) is 2.12. The van der Waals surface area contributed by atoms with Crippen molar-refractivity contribution in [3.8, 4) is 11.5 Å². The third-order valence-electron chi connectivity index (χ3n) is 4.32. The summed E-state index contributed by atoms with van der Waals surface area (Å²) < 4.78 is 42.2.